The van der Waals surface area contributed by atoms with E-state index in [4.69, 9.17) is 44.3 Å². The summed E-state index contributed by atoms with van der Waals surface area (Å²) in [6, 6.07) is -0.311. The van der Waals surface area contributed by atoms with Gasteiger partial charge in [0.15, 0.2) is 0 Å². The van der Waals surface area contributed by atoms with Gasteiger partial charge in [0.2, 0.25) is 5.90 Å². The van der Waals surface area contributed by atoms with Crippen molar-refractivity contribution in [1.29, 1.82) is 0 Å². The van der Waals surface area contributed by atoms with Crippen molar-refractivity contribution < 1.29 is 14.3 Å². The molecule has 1 fully saturated rings. The maximum Gasteiger partial charge on any atom is 0.302 e. The first kappa shape index (κ1) is 13.7. The van der Waals surface area contributed by atoms with Crippen molar-refractivity contribution in [2.45, 2.75) is 40.2 Å². The van der Waals surface area contributed by atoms with Gasteiger partial charge in [0, 0.05) is 13.3 Å². The van der Waals surface area contributed by atoms with Gasteiger partial charge in [-0.15, -0.1) is 0 Å². The lowest BCUT2D eigenvalue weighted by atomic mass is 10.2. The van der Waals surface area contributed by atoms with Crippen molar-refractivity contribution in [1.82, 2.24) is 0 Å². The third-order valence-electron chi connectivity index (χ3n) is 2.61. The Bertz CT molecular complexity index is 371. The molecule has 17 heavy (non-hydrogen) atoms. The van der Waals surface area contributed by atoms with E-state index in [0.717, 1.165) is 0 Å². The van der Waals surface area contributed by atoms with Gasteiger partial charge in [-0.2, -0.15) is 0 Å². The predicted molar refractivity (Wildman–Crippen MR) is 69.3 cm³/mol. The Kier molecular flexibility index (Phi) is 3.84. The molecule has 0 saturated heterocycles. The van der Waals surface area contributed by atoms with Crippen LogP contribution >= 0.6 is 50.7 Å². The second kappa shape index (κ2) is 4.76. The van der Waals surface area contributed by atoms with E-state index in [9.17, 15) is 4.79 Å². The molecule has 96 valence electrons. The van der Waals surface area contributed by atoms with Crippen molar-refractivity contribution in [3.8, 4) is 0 Å². The minimum Gasteiger partial charge on any atom is -0.471 e. The Morgan fingerprint density at radius 1 is 1.59 bits per heavy atom. The third-order valence-corrected chi connectivity index (χ3v) is 3.99. The van der Waals surface area contributed by atoms with E-state index in [1.807, 2.05) is 0 Å². The lowest BCUT2D eigenvalue weighted by Gasteiger charge is -2.15. The number of hydrogen-bond donors (Lipinski definition) is 0. The average molecular weight is 365 g/mol. The van der Waals surface area contributed by atoms with Crippen LogP contribution in [0.25, 0.3) is 0 Å². The van der Waals surface area contributed by atoms with E-state index in [-0.39, 0.29) is 34.9 Å². The highest BCUT2D eigenvalue weighted by atomic mass is 79.9. The summed E-state index contributed by atoms with van der Waals surface area (Å²) in [5.41, 5.74) is 0. The molecule has 1 aliphatic heterocycles. The molecule has 0 amide bonds. The molecular weight excluding hydrogens is 356 g/mol. The Morgan fingerprint density at radius 2 is 2.24 bits per heavy atom. The summed E-state index contributed by atoms with van der Waals surface area (Å²) in [6.45, 7) is 1.35. The first-order chi connectivity index (χ1) is 7.79. The number of hydrogen-bond acceptors (Lipinski definition) is 4. The van der Waals surface area contributed by atoms with Crippen LogP contribution in [0, 0.1) is 0 Å². The number of fused-ring (bicyclic) bond motifs is 1. The molecule has 0 aromatic carbocycles. The summed E-state index contributed by atoms with van der Waals surface area (Å²) < 4.78 is 8.98. The van der Waals surface area contributed by atoms with E-state index < -0.39 is 3.79 Å². The highest BCUT2D eigenvalue weighted by Crippen LogP contribution is 2.41. The van der Waals surface area contributed by atoms with Gasteiger partial charge >= 0.3 is 5.97 Å². The quantitative estimate of drug-likeness (QED) is 0.530. The highest BCUT2D eigenvalue weighted by Gasteiger charge is 2.52. The molecule has 8 heteroatoms. The molecule has 0 radical (unpaired) electrons. The molecule has 1 aliphatic carbocycles. The maximum atomic E-state index is 11.0. The van der Waals surface area contributed by atoms with Crippen molar-refractivity contribution in [2.24, 2.45) is 4.99 Å². The van der Waals surface area contributed by atoms with Gasteiger partial charge < -0.3 is 9.47 Å². The van der Waals surface area contributed by atoms with Gasteiger partial charge in [0.25, 0.3) is 3.79 Å². The van der Waals surface area contributed by atoms with Gasteiger partial charge in [-0.1, -0.05) is 50.7 Å². The van der Waals surface area contributed by atoms with Crippen molar-refractivity contribution in [3.63, 3.8) is 0 Å². The number of alkyl halides is 4. The molecule has 0 bridgehead atoms. The summed E-state index contributed by atoms with van der Waals surface area (Å²) >= 11 is 20.6. The van der Waals surface area contributed by atoms with Crippen LogP contribution in [0.3, 0.4) is 0 Å². The zero-order chi connectivity index (χ0) is 12.8. The average Bonchev–Trinajstić information content (AvgIpc) is 2.67. The molecule has 0 aromatic heterocycles. The van der Waals surface area contributed by atoms with Crippen LogP contribution in [0.15, 0.2) is 4.99 Å². The van der Waals surface area contributed by atoms with Crippen molar-refractivity contribution >= 4 is 62.6 Å². The van der Waals surface area contributed by atoms with Crippen LogP contribution in [-0.4, -0.2) is 38.7 Å². The Labute approximate surface area is 122 Å². The van der Waals surface area contributed by atoms with E-state index in [1.165, 1.54) is 6.92 Å². The van der Waals surface area contributed by atoms with E-state index in [1.54, 1.807) is 0 Å². The molecule has 1 heterocycles. The zero-order valence-electron chi connectivity index (χ0n) is 8.70. The van der Waals surface area contributed by atoms with Crippen molar-refractivity contribution in [2.75, 3.05) is 0 Å². The number of esters is 1. The van der Waals surface area contributed by atoms with Crippen LogP contribution in [-0.2, 0) is 14.3 Å². The largest absolute Gasteiger partial charge is 0.471 e. The Morgan fingerprint density at radius 3 is 2.76 bits per heavy atom. The summed E-state index contributed by atoms with van der Waals surface area (Å²) in [5, 5.41) is 0. The fraction of sp³-hybridized carbons (Fsp3) is 0.778. The first-order valence-corrected chi connectivity index (χ1v) is 6.97. The molecule has 4 nitrogen and oxygen atoms in total. The molecule has 1 saturated carbocycles. The Balaban J connectivity index is 2.16. The number of ether oxygens (including phenoxy) is 2. The second-order valence-corrected chi connectivity index (χ2v) is 7.36. The van der Waals surface area contributed by atoms with Gasteiger partial charge in [0.05, 0.1) is 4.83 Å². The number of nitrogens with zero attached hydrogens (tertiary/aromatic N) is 1. The summed E-state index contributed by atoms with van der Waals surface area (Å²) in [7, 11) is 0. The standard InChI is InChI=1S/C9H9BrCl3NO3/c1-3(15)16-5-2-4(10)7-6(5)14-8(17-7)9(11,12)13/h4-7H,2H2,1H3/t4-,5-,6-,7+/m1/s1. The van der Waals surface area contributed by atoms with Crippen LogP contribution in [0.4, 0.5) is 0 Å². The maximum absolute atomic E-state index is 11.0. The molecule has 0 aromatic rings. The minimum atomic E-state index is -1.68. The zero-order valence-corrected chi connectivity index (χ0v) is 12.6. The number of rotatable bonds is 1. The third kappa shape index (κ3) is 2.83. The van der Waals surface area contributed by atoms with Gasteiger partial charge in [0.1, 0.15) is 18.2 Å². The smallest absolute Gasteiger partial charge is 0.302 e. The summed E-state index contributed by atoms with van der Waals surface area (Å²) in [5.74, 6) is -0.299. The molecule has 0 spiro atoms. The van der Waals surface area contributed by atoms with Crippen molar-refractivity contribution in [3.05, 3.63) is 0 Å². The van der Waals surface area contributed by atoms with Gasteiger partial charge in [-0.05, 0) is 0 Å². The lowest BCUT2D eigenvalue weighted by Crippen LogP contribution is -2.30. The number of carbonyl (C=O) groups is 1. The molecule has 2 aliphatic rings. The Hall–Kier alpha value is 0.290. The fourth-order valence-corrected chi connectivity index (χ4v) is 3.06. The van der Waals surface area contributed by atoms with Crippen LogP contribution in [0.1, 0.15) is 13.3 Å². The van der Waals surface area contributed by atoms with E-state index in [0.29, 0.717) is 6.42 Å². The molecule has 4 atom stereocenters. The SMILES string of the molecule is CC(=O)O[C@@H]1C[C@@H](Br)[C@@H]2OC(C(Cl)(Cl)Cl)=N[C@@H]21. The van der Waals surface area contributed by atoms with Crippen LogP contribution < -0.4 is 0 Å². The molecule has 2 rings (SSSR count). The molecular formula is C9H9BrCl3NO3. The predicted octanol–water partition coefficient (Wildman–Crippen LogP) is 2.62. The van der Waals surface area contributed by atoms with E-state index >= 15 is 0 Å². The fourth-order valence-electron chi connectivity index (χ4n) is 1.99. The number of aliphatic imine (C=N–C) groups is 1. The summed E-state index contributed by atoms with van der Waals surface area (Å²) in [4.78, 5) is 15.2. The molecule has 0 unspecified atom stereocenters. The lowest BCUT2D eigenvalue weighted by molar-refractivity contribution is -0.146. The highest BCUT2D eigenvalue weighted by molar-refractivity contribution is 9.09. The van der Waals surface area contributed by atoms with E-state index in [2.05, 4.69) is 20.9 Å². The van der Waals surface area contributed by atoms with Gasteiger partial charge in [-0.3, -0.25) is 4.79 Å². The molecule has 0 N–H and O–H groups in total. The van der Waals surface area contributed by atoms with Gasteiger partial charge in [-0.25, -0.2) is 4.99 Å². The summed E-state index contributed by atoms with van der Waals surface area (Å²) in [6.07, 6.45) is 0.0302. The second-order valence-electron chi connectivity index (χ2n) is 3.90. The number of halogens is 4. The number of carbonyl (C=O) groups excluding carboxylic acids is 1. The topological polar surface area (TPSA) is 47.9 Å². The first-order valence-electron chi connectivity index (χ1n) is 4.92. The monoisotopic (exact) mass is 363 g/mol. The van der Waals surface area contributed by atoms with Crippen LogP contribution in [0.5, 0.6) is 0 Å². The normalized spacial score (nSPS) is 36.2. The minimum absolute atomic E-state index is 0.0189. The van der Waals surface area contributed by atoms with Crippen LogP contribution in [0.2, 0.25) is 0 Å².